The van der Waals surface area contributed by atoms with Crippen LogP contribution in [0.25, 0.3) is 22.2 Å². The van der Waals surface area contributed by atoms with Gasteiger partial charge < -0.3 is 5.73 Å². The zero-order valence-corrected chi connectivity index (χ0v) is 11.9. The smallest absolute Gasteiger partial charge is 0.249 e. The number of amides is 1. The van der Waals surface area contributed by atoms with Gasteiger partial charge in [-0.3, -0.25) is 9.78 Å². The number of primary amides is 1. The predicted octanol–water partition coefficient (Wildman–Crippen LogP) is 3.01. The van der Waals surface area contributed by atoms with E-state index in [2.05, 4.69) is 9.97 Å². The van der Waals surface area contributed by atoms with Gasteiger partial charge in [0.15, 0.2) is 0 Å². The van der Waals surface area contributed by atoms with E-state index in [1.807, 2.05) is 38.1 Å². The minimum atomic E-state index is -0.447. The number of pyridine rings is 2. The lowest BCUT2D eigenvalue weighted by atomic mass is 10.00. The van der Waals surface area contributed by atoms with Crippen LogP contribution in [0.15, 0.2) is 42.7 Å². The van der Waals surface area contributed by atoms with Gasteiger partial charge in [0.2, 0.25) is 5.91 Å². The Morgan fingerprint density at radius 1 is 1.19 bits per heavy atom. The van der Waals surface area contributed by atoms with Crippen LogP contribution in [0.2, 0.25) is 0 Å². The fourth-order valence-electron chi connectivity index (χ4n) is 2.55. The zero-order chi connectivity index (χ0) is 15.0. The summed E-state index contributed by atoms with van der Waals surface area (Å²) >= 11 is 0. The van der Waals surface area contributed by atoms with Crippen LogP contribution in [0.5, 0.6) is 0 Å². The molecule has 0 bridgehead atoms. The molecule has 0 radical (unpaired) electrons. The molecule has 0 unspecified atom stereocenters. The Bertz CT molecular complexity index is 842. The Balaban J connectivity index is 2.38. The third kappa shape index (κ3) is 2.36. The first kappa shape index (κ1) is 13.2. The minimum absolute atomic E-state index is 0.447. The Morgan fingerprint density at radius 3 is 2.67 bits per heavy atom. The Labute approximate surface area is 122 Å². The third-order valence-corrected chi connectivity index (χ3v) is 3.47. The molecule has 0 fully saturated rings. The van der Waals surface area contributed by atoms with Crippen molar-refractivity contribution >= 4 is 16.8 Å². The molecule has 0 saturated heterocycles. The van der Waals surface area contributed by atoms with Gasteiger partial charge in [-0.15, -0.1) is 0 Å². The molecule has 2 N–H and O–H groups in total. The van der Waals surface area contributed by atoms with Crippen molar-refractivity contribution in [2.45, 2.75) is 13.8 Å². The van der Waals surface area contributed by atoms with Gasteiger partial charge in [-0.2, -0.15) is 0 Å². The third-order valence-electron chi connectivity index (χ3n) is 3.47. The van der Waals surface area contributed by atoms with Crippen molar-refractivity contribution in [2.75, 3.05) is 0 Å². The Morgan fingerprint density at radius 2 is 2.00 bits per heavy atom. The first-order valence-corrected chi connectivity index (χ1v) is 6.68. The molecule has 4 nitrogen and oxygen atoms in total. The van der Waals surface area contributed by atoms with Crippen LogP contribution in [0.3, 0.4) is 0 Å². The van der Waals surface area contributed by atoms with Crippen LogP contribution in [-0.4, -0.2) is 15.9 Å². The molecule has 3 aromatic rings. The maximum atomic E-state index is 11.8. The van der Waals surface area contributed by atoms with Crippen molar-refractivity contribution < 1.29 is 4.79 Å². The SMILES string of the molecule is Cc1cc(C)c2nc(-c3cccnc3)cc(C(N)=O)c2c1. The molecule has 21 heavy (non-hydrogen) atoms. The molecule has 1 amide bonds. The summed E-state index contributed by atoms with van der Waals surface area (Å²) in [5.41, 5.74) is 10.5. The number of nitrogens with zero attached hydrogens (tertiary/aromatic N) is 2. The predicted molar refractivity (Wildman–Crippen MR) is 83.0 cm³/mol. The largest absolute Gasteiger partial charge is 0.366 e. The number of hydrogen-bond acceptors (Lipinski definition) is 3. The topological polar surface area (TPSA) is 68.9 Å². The van der Waals surface area contributed by atoms with Gasteiger partial charge in [0.25, 0.3) is 0 Å². The summed E-state index contributed by atoms with van der Waals surface area (Å²) in [6.45, 7) is 3.98. The summed E-state index contributed by atoms with van der Waals surface area (Å²) in [6.07, 6.45) is 3.43. The first-order chi connectivity index (χ1) is 10.1. The molecule has 2 heterocycles. The van der Waals surface area contributed by atoms with E-state index >= 15 is 0 Å². The van der Waals surface area contributed by atoms with Crippen LogP contribution in [-0.2, 0) is 0 Å². The molecule has 0 saturated carbocycles. The molecule has 2 aromatic heterocycles. The molecule has 0 atom stereocenters. The molecular weight excluding hydrogens is 262 g/mol. The quantitative estimate of drug-likeness (QED) is 0.782. The first-order valence-electron chi connectivity index (χ1n) is 6.68. The van der Waals surface area contributed by atoms with Gasteiger partial charge >= 0.3 is 0 Å². The molecule has 0 spiro atoms. The highest BCUT2D eigenvalue weighted by Crippen LogP contribution is 2.27. The lowest BCUT2D eigenvalue weighted by Gasteiger charge is -2.10. The van der Waals surface area contributed by atoms with Crippen molar-refractivity contribution in [1.82, 2.24) is 9.97 Å². The van der Waals surface area contributed by atoms with E-state index in [0.717, 1.165) is 27.6 Å². The highest BCUT2D eigenvalue weighted by Gasteiger charge is 2.13. The lowest BCUT2D eigenvalue weighted by Crippen LogP contribution is -2.12. The van der Waals surface area contributed by atoms with Crippen LogP contribution in [0.1, 0.15) is 21.5 Å². The normalized spacial score (nSPS) is 10.8. The van der Waals surface area contributed by atoms with Crippen molar-refractivity contribution in [1.29, 1.82) is 0 Å². The van der Waals surface area contributed by atoms with Crippen LogP contribution in [0, 0.1) is 13.8 Å². The molecule has 4 heteroatoms. The molecule has 1 aromatic carbocycles. The van der Waals surface area contributed by atoms with Crippen LogP contribution in [0.4, 0.5) is 0 Å². The van der Waals surface area contributed by atoms with Gasteiger partial charge in [0, 0.05) is 23.3 Å². The number of carbonyl (C=O) groups excluding carboxylic acids is 1. The van der Waals surface area contributed by atoms with E-state index in [1.165, 1.54) is 0 Å². The van der Waals surface area contributed by atoms with Gasteiger partial charge in [-0.05, 0) is 43.7 Å². The average Bonchev–Trinajstić information content (AvgIpc) is 2.47. The number of benzene rings is 1. The fraction of sp³-hybridized carbons (Fsp3) is 0.118. The maximum Gasteiger partial charge on any atom is 0.249 e. The molecule has 0 aliphatic carbocycles. The van der Waals surface area contributed by atoms with Crippen molar-refractivity contribution in [3.8, 4) is 11.3 Å². The summed E-state index contributed by atoms with van der Waals surface area (Å²) in [6, 6.07) is 9.48. The standard InChI is InChI=1S/C17H15N3O/c1-10-6-11(2)16-13(7-10)14(17(18)21)8-15(20-16)12-4-3-5-19-9-12/h3-9H,1-2H3,(H2,18,21). The van der Waals surface area contributed by atoms with Crippen molar-refractivity contribution in [3.05, 3.63) is 59.4 Å². The van der Waals surface area contributed by atoms with E-state index < -0.39 is 5.91 Å². The number of hydrogen-bond donors (Lipinski definition) is 1. The zero-order valence-electron chi connectivity index (χ0n) is 11.9. The van der Waals surface area contributed by atoms with E-state index in [1.54, 1.807) is 18.5 Å². The number of aromatic nitrogens is 2. The number of rotatable bonds is 2. The van der Waals surface area contributed by atoms with Gasteiger partial charge in [0.1, 0.15) is 0 Å². The molecule has 104 valence electrons. The second-order valence-corrected chi connectivity index (χ2v) is 5.14. The Kier molecular flexibility index (Phi) is 3.14. The second kappa shape index (κ2) is 4.98. The van der Waals surface area contributed by atoms with Crippen molar-refractivity contribution in [3.63, 3.8) is 0 Å². The highest BCUT2D eigenvalue weighted by molar-refractivity contribution is 6.07. The second-order valence-electron chi connectivity index (χ2n) is 5.14. The van der Waals surface area contributed by atoms with E-state index in [0.29, 0.717) is 11.3 Å². The summed E-state index contributed by atoms with van der Waals surface area (Å²) in [4.78, 5) is 20.6. The highest BCUT2D eigenvalue weighted by atomic mass is 16.1. The van der Waals surface area contributed by atoms with Gasteiger partial charge in [-0.1, -0.05) is 11.6 Å². The molecule has 0 aliphatic heterocycles. The van der Waals surface area contributed by atoms with E-state index in [9.17, 15) is 4.79 Å². The fourth-order valence-corrected chi connectivity index (χ4v) is 2.55. The minimum Gasteiger partial charge on any atom is -0.366 e. The van der Waals surface area contributed by atoms with Crippen LogP contribution < -0.4 is 5.73 Å². The number of nitrogens with two attached hydrogens (primary N) is 1. The molecular formula is C17H15N3O. The van der Waals surface area contributed by atoms with E-state index in [-0.39, 0.29) is 0 Å². The van der Waals surface area contributed by atoms with Gasteiger partial charge in [0.05, 0.1) is 16.8 Å². The Hall–Kier alpha value is -2.75. The van der Waals surface area contributed by atoms with Gasteiger partial charge in [-0.25, -0.2) is 4.98 Å². The number of fused-ring (bicyclic) bond motifs is 1. The van der Waals surface area contributed by atoms with Crippen molar-refractivity contribution in [2.24, 2.45) is 5.73 Å². The molecule has 0 aliphatic rings. The lowest BCUT2D eigenvalue weighted by molar-refractivity contribution is 0.100. The van der Waals surface area contributed by atoms with Crippen LogP contribution >= 0.6 is 0 Å². The number of aryl methyl sites for hydroxylation is 2. The average molecular weight is 277 g/mol. The monoisotopic (exact) mass is 277 g/mol. The summed E-state index contributed by atoms with van der Waals surface area (Å²) < 4.78 is 0. The summed E-state index contributed by atoms with van der Waals surface area (Å²) in [7, 11) is 0. The summed E-state index contributed by atoms with van der Waals surface area (Å²) in [5.74, 6) is -0.447. The van der Waals surface area contributed by atoms with E-state index in [4.69, 9.17) is 5.73 Å². The summed E-state index contributed by atoms with van der Waals surface area (Å²) in [5, 5.41) is 0.799. The number of carbonyl (C=O) groups is 1. The maximum absolute atomic E-state index is 11.8. The molecule has 3 rings (SSSR count).